The van der Waals surface area contributed by atoms with Crippen molar-refractivity contribution in [2.45, 2.75) is 19.4 Å². The van der Waals surface area contributed by atoms with Crippen molar-refractivity contribution in [3.63, 3.8) is 0 Å². The fraction of sp³-hybridized carbons (Fsp3) is 0.462. The van der Waals surface area contributed by atoms with Crippen molar-refractivity contribution in [1.29, 1.82) is 0 Å². The second-order valence-electron chi connectivity index (χ2n) is 4.33. The molecule has 0 amide bonds. The number of rotatable bonds is 7. The topological polar surface area (TPSA) is 70.1 Å². The fourth-order valence-corrected chi connectivity index (χ4v) is 1.89. The van der Waals surface area contributed by atoms with Crippen LogP contribution in [0, 0.1) is 0 Å². The first-order chi connectivity index (χ1) is 8.79. The predicted molar refractivity (Wildman–Crippen MR) is 71.7 cm³/mol. The molecule has 0 saturated carbocycles. The van der Waals surface area contributed by atoms with E-state index in [1.807, 2.05) is 25.2 Å². The van der Waals surface area contributed by atoms with Crippen LogP contribution in [0.3, 0.4) is 0 Å². The van der Waals surface area contributed by atoms with Gasteiger partial charge in [0.15, 0.2) is 5.58 Å². The van der Waals surface area contributed by atoms with Crippen LogP contribution in [0.25, 0.3) is 11.1 Å². The number of hydrogen-bond acceptors (Lipinski definition) is 4. The van der Waals surface area contributed by atoms with Crippen LogP contribution in [0.1, 0.15) is 18.4 Å². The molecule has 98 valence electrons. The minimum absolute atomic E-state index is 0.401. The molecule has 1 heterocycles. The van der Waals surface area contributed by atoms with Gasteiger partial charge in [0.1, 0.15) is 0 Å². The average molecular weight is 249 g/mol. The zero-order valence-corrected chi connectivity index (χ0v) is 10.6. The molecule has 2 aromatic rings. The van der Waals surface area contributed by atoms with E-state index in [-0.39, 0.29) is 0 Å². The van der Waals surface area contributed by atoms with E-state index < -0.39 is 5.76 Å². The number of nitrogens with one attached hydrogen (secondary N) is 3. The van der Waals surface area contributed by atoms with Crippen LogP contribution >= 0.6 is 0 Å². The van der Waals surface area contributed by atoms with Crippen LogP contribution in [-0.2, 0) is 6.54 Å². The molecule has 3 N–H and O–H groups in total. The second kappa shape index (κ2) is 6.37. The first-order valence-corrected chi connectivity index (χ1v) is 6.26. The molecule has 1 aromatic carbocycles. The zero-order chi connectivity index (χ0) is 12.8. The van der Waals surface area contributed by atoms with Gasteiger partial charge >= 0.3 is 5.76 Å². The standard InChI is InChI=1S/C13H19N3O2/c1-14-6-2-3-7-15-9-10-4-5-12-11(8-10)16-13(17)18-12/h4-5,8,14-15H,2-3,6-7,9H2,1H3,(H,16,17). The Morgan fingerprint density at radius 2 is 2.11 bits per heavy atom. The van der Waals surface area contributed by atoms with Crippen LogP contribution in [0.5, 0.6) is 0 Å². The van der Waals surface area contributed by atoms with Crippen molar-refractivity contribution in [3.05, 3.63) is 34.3 Å². The fourth-order valence-electron chi connectivity index (χ4n) is 1.89. The molecule has 0 atom stereocenters. The molecule has 18 heavy (non-hydrogen) atoms. The lowest BCUT2D eigenvalue weighted by Gasteiger charge is -2.04. The molecule has 0 unspecified atom stereocenters. The van der Waals surface area contributed by atoms with E-state index in [0.29, 0.717) is 5.58 Å². The lowest BCUT2D eigenvalue weighted by molar-refractivity contribution is 0.555. The smallest absolute Gasteiger partial charge is 0.408 e. The molecule has 0 aliphatic heterocycles. The van der Waals surface area contributed by atoms with Crippen LogP contribution in [-0.4, -0.2) is 25.1 Å². The van der Waals surface area contributed by atoms with Gasteiger partial charge in [-0.05, 0) is 50.7 Å². The van der Waals surface area contributed by atoms with E-state index in [2.05, 4.69) is 15.6 Å². The van der Waals surface area contributed by atoms with Gasteiger partial charge in [-0.1, -0.05) is 6.07 Å². The van der Waals surface area contributed by atoms with Gasteiger partial charge in [-0.15, -0.1) is 0 Å². The number of unbranched alkanes of at least 4 members (excludes halogenated alkanes) is 1. The summed E-state index contributed by atoms with van der Waals surface area (Å²) < 4.78 is 4.95. The largest absolute Gasteiger partial charge is 0.417 e. The highest BCUT2D eigenvalue weighted by Crippen LogP contribution is 2.11. The first-order valence-electron chi connectivity index (χ1n) is 6.26. The van der Waals surface area contributed by atoms with Crippen molar-refractivity contribution < 1.29 is 4.42 Å². The molecule has 0 aliphatic carbocycles. The van der Waals surface area contributed by atoms with Crippen molar-refractivity contribution in [2.24, 2.45) is 0 Å². The highest BCUT2D eigenvalue weighted by molar-refractivity contribution is 5.72. The van der Waals surface area contributed by atoms with E-state index in [0.717, 1.165) is 37.1 Å². The monoisotopic (exact) mass is 249 g/mol. The van der Waals surface area contributed by atoms with Gasteiger partial charge in [-0.2, -0.15) is 0 Å². The lowest BCUT2D eigenvalue weighted by atomic mass is 10.2. The number of fused-ring (bicyclic) bond motifs is 1. The number of H-pyrrole nitrogens is 1. The molecule has 0 spiro atoms. The summed E-state index contributed by atoms with van der Waals surface area (Å²) in [6.07, 6.45) is 2.34. The van der Waals surface area contributed by atoms with Crippen molar-refractivity contribution in [3.8, 4) is 0 Å². The molecule has 2 rings (SSSR count). The minimum Gasteiger partial charge on any atom is -0.408 e. The normalized spacial score (nSPS) is 11.2. The SMILES string of the molecule is CNCCCCNCc1ccc2oc(=O)[nH]c2c1. The summed E-state index contributed by atoms with van der Waals surface area (Å²) in [5, 5.41) is 6.51. The zero-order valence-electron chi connectivity index (χ0n) is 10.6. The van der Waals surface area contributed by atoms with Crippen molar-refractivity contribution in [2.75, 3.05) is 20.1 Å². The number of benzene rings is 1. The van der Waals surface area contributed by atoms with Gasteiger partial charge in [-0.3, -0.25) is 4.98 Å². The predicted octanol–water partition coefficient (Wildman–Crippen LogP) is 1.21. The Bertz CT molecular complexity index is 544. The Labute approximate surface area is 106 Å². The summed E-state index contributed by atoms with van der Waals surface area (Å²) in [7, 11) is 1.97. The van der Waals surface area contributed by atoms with Crippen LogP contribution < -0.4 is 16.4 Å². The third-order valence-corrected chi connectivity index (χ3v) is 2.84. The Morgan fingerprint density at radius 3 is 2.94 bits per heavy atom. The first kappa shape index (κ1) is 12.9. The lowest BCUT2D eigenvalue weighted by Crippen LogP contribution is -2.16. The highest BCUT2D eigenvalue weighted by Gasteiger charge is 2.01. The maximum absolute atomic E-state index is 11.0. The average Bonchev–Trinajstić information content (AvgIpc) is 2.73. The molecule has 0 saturated heterocycles. The maximum Gasteiger partial charge on any atom is 0.417 e. The summed E-state index contributed by atoms with van der Waals surface area (Å²) in [6, 6.07) is 5.74. The Balaban J connectivity index is 1.82. The summed E-state index contributed by atoms with van der Waals surface area (Å²) in [5.41, 5.74) is 2.51. The number of aromatic nitrogens is 1. The maximum atomic E-state index is 11.0. The summed E-state index contributed by atoms with van der Waals surface area (Å²) in [6.45, 7) is 2.87. The molecular formula is C13H19N3O2. The Morgan fingerprint density at radius 1 is 1.28 bits per heavy atom. The van der Waals surface area contributed by atoms with E-state index in [1.54, 1.807) is 0 Å². The van der Waals surface area contributed by atoms with Crippen molar-refractivity contribution >= 4 is 11.1 Å². The van der Waals surface area contributed by atoms with Gasteiger partial charge in [0.25, 0.3) is 0 Å². The molecule has 0 aliphatic rings. The third kappa shape index (κ3) is 3.45. The van der Waals surface area contributed by atoms with Crippen LogP contribution in [0.2, 0.25) is 0 Å². The summed E-state index contributed by atoms with van der Waals surface area (Å²) in [5.74, 6) is -0.401. The molecule has 0 radical (unpaired) electrons. The number of aromatic amines is 1. The third-order valence-electron chi connectivity index (χ3n) is 2.84. The number of oxazole rings is 1. The highest BCUT2D eigenvalue weighted by atomic mass is 16.4. The van der Waals surface area contributed by atoms with Gasteiger partial charge in [-0.25, -0.2) is 4.79 Å². The molecule has 5 nitrogen and oxygen atoms in total. The van der Waals surface area contributed by atoms with Gasteiger partial charge in [0.2, 0.25) is 0 Å². The van der Waals surface area contributed by atoms with Crippen LogP contribution in [0.4, 0.5) is 0 Å². The van der Waals surface area contributed by atoms with Gasteiger partial charge < -0.3 is 15.1 Å². The second-order valence-corrected chi connectivity index (χ2v) is 4.33. The van der Waals surface area contributed by atoms with Crippen LogP contribution in [0.15, 0.2) is 27.4 Å². The molecule has 1 aromatic heterocycles. The molecule has 0 fully saturated rings. The number of hydrogen-bond donors (Lipinski definition) is 3. The van der Waals surface area contributed by atoms with E-state index in [4.69, 9.17) is 4.42 Å². The van der Waals surface area contributed by atoms with Crippen molar-refractivity contribution in [1.82, 2.24) is 15.6 Å². The minimum atomic E-state index is -0.401. The van der Waals surface area contributed by atoms with E-state index >= 15 is 0 Å². The summed E-state index contributed by atoms with van der Waals surface area (Å²) >= 11 is 0. The van der Waals surface area contributed by atoms with Gasteiger partial charge in [0.05, 0.1) is 5.52 Å². The molecular weight excluding hydrogens is 230 g/mol. The van der Waals surface area contributed by atoms with Gasteiger partial charge in [0, 0.05) is 6.54 Å². The Kier molecular flexibility index (Phi) is 4.55. The quantitative estimate of drug-likeness (QED) is 0.645. The Hall–Kier alpha value is -1.59. The molecule has 0 bridgehead atoms. The summed E-state index contributed by atoms with van der Waals surface area (Å²) in [4.78, 5) is 13.7. The molecule has 5 heteroatoms. The van der Waals surface area contributed by atoms with E-state index in [9.17, 15) is 4.79 Å². The van der Waals surface area contributed by atoms with E-state index in [1.165, 1.54) is 6.42 Å².